The average molecular weight is 352 g/mol. The van der Waals surface area contributed by atoms with Gasteiger partial charge in [-0.15, -0.1) is 12.4 Å². The van der Waals surface area contributed by atoms with E-state index in [1.807, 2.05) is 30.3 Å². The topological polar surface area (TPSA) is 75.4 Å². The van der Waals surface area contributed by atoms with Crippen LogP contribution < -0.4 is 16.0 Å². The van der Waals surface area contributed by atoms with E-state index >= 15 is 0 Å². The van der Waals surface area contributed by atoms with Crippen molar-refractivity contribution in [3.8, 4) is 0 Å². The first-order chi connectivity index (χ1) is 11.1. The summed E-state index contributed by atoms with van der Waals surface area (Å²) in [6.45, 7) is 0.712. The molecule has 1 aromatic carbocycles. The highest BCUT2D eigenvalue weighted by Crippen LogP contribution is 2.25. The van der Waals surface area contributed by atoms with Crippen LogP contribution in [0, 0.1) is 5.92 Å². The Balaban J connectivity index is 0.00000208. The van der Waals surface area contributed by atoms with E-state index in [2.05, 4.69) is 5.32 Å². The quantitative estimate of drug-likeness (QED) is 0.876. The molecular weight excluding hydrogens is 326 g/mol. The summed E-state index contributed by atoms with van der Waals surface area (Å²) in [6, 6.07) is 9.35. The molecule has 3 atom stereocenters. The number of carbonyl (C=O) groups is 2. The predicted octanol–water partition coefficient (Wildman–Crippen LogP) is 2.24. The lowest BCUT2D eigenvalue weighted by molar-refractivity contribution is -0.131. The summed E-state index contributed by atoms with van der Waals surface area (Å²) >= 11 is 0. The first-order valence-corrected chi connectivity index (χ1v) is 8.57. The minimum Gasteiger partial charge on any atom is -0.344 e. The Labute approximate surface area is 149 Å². The Hall–Kier alpha value is -1.59. The summed E-state index contributed by atoms with van der Waals surface area (Å²) in [5.41, 5.74) is 6.87. The number of piperidine rings is 1. The van der Waals surface area contributed by atoms with Crippen molar-refractivity contribution in [2.24, 2.45) is 11.7 Å². The second-order valence-electron chi connectivity index (χ2n) is 6.65. The first-order valence-electron chi connectivity index (χ1n) is 8.57. The van der Waals surface area contributed by atoms with Crippen molar-refractivity contribution in [2.45, 2.75) is 50.6 Å². The highest BCUT2D eigenvalue weighted by Gasteiger charge is 2.33. The maximum Gasteiger partial charge on any atom is 0.249 e. The van der Waals surface area contributed by atoms with E-state index in [0.717, 1.165) is 37.8 Å². The second kappa shape index (κ2) is 8.49. The molecule has 1 aromatic rings. The summed E-state index contributed by atoms with van der Waals surface area (Å²) < 4.78 is 0. The monoisotopic (exact) mass is 351 g/mol. The maximum atomic E-state index is 12.7. The van der Waals surface area contributed by atoms with Crippen LogP contribution in [0.1, 0.15) is 38.5 Å². The van der Waals surface area contributed by atoms with Gasteiger partial charge in [0.2, 0.25) is 11.8 Å². The highest BCUT2D eigenvalue weighted by atomic mass is 35.5. The molecule has 1 saturated heterocycles. The van der Waals surface area contributed by atoms with Gasteiger partial charge in [0.25, 0.3) is 0 Å². The van der Waals surface area contributed by atoms with Crippen LogP contribution in [0.25, 0.3) is 0 Å². The van der Waals surface area contributed by atoms with E-state index in [-0.39, 0.29) is 36.2 Å². The van der Waals surface area contributed by atoms with Crippen LogP contribution >= 0.6 is 12.4 Å². The van der Waals surface area contributed by atoms with Gasteiger partial charge in [-0.25, -0.2) is 0 Å². The lowest BCUT2D eigenvalue weighted by Crippen LogP contribution is -2.54. The molecule has 24 heavy (non-hydrogen) atoms. The number of anilines is 1. The summed E-state index contributed by atoms with van der Waals surface area (Å²) in [7, 11) is 0. The first kappa shape index (κ1) is 18.7. The molecule has 2 aliphatic rings. The fourth-order valence-corrected chi connectivity index (χ4v) is 3.63. The van der Waals surface area contributed by atoms with Crippen LogP contribution in [0.4, 0.5) is 5.69 Å². The molecule has 132 valence electrons. The van der Waals surface area contributed by atoms with Gasteiger partial charge in [0, 0.05) is 24.2 Å². The van der Waals surface area contributed by atoms with Gasteiger partial charge >= 0.3 is 0 Å². The van der Waals surface area contributed by atoms with E-state index in [0.29, 0.717) is 13.0 Å². The Kier molecular flexibility index (Phi) is 6.63. The molecule has 2 amide bonds. The van der Waals surface area contributed by atoms with E-state index in [1.54, 1.807) is 4.90 Å². The number of rotatable bonds is 3. The van der Waals surface area contributed by atoms with Gasteiger partial charge in [0.15, 0.2) is 0 Å². The van der Waals surface area contributed by atoms with Gasteiger partial charge in [-0.05, 0) is 44.2 Å². The number of benzene rings is 1. The molecule has 2 fully saturated rings. The van der Waals surface area contributed by atoms with Crippen molar-refractivity contribution in [1.82, 2.24) is 5.32 Å². The Morgan fingerprint density at radius 1 is 1.12 bits per heavy atom. The molecule has 3 N–H and O–H groups in total. The van der Waals surface area contributed by atoms with Crippen molar-refractivity contribution >= 4 is 29.9 Å². The van der Waals surface area contributed by atoms with Gasteiger partial charge in [0.1, 0.15) is 6.04 Å². The zero-order valence-electron chi connectivity index (χ0n) is 13.8. The molecule has 0 spiro atoms. The maximum absolute atomic E-state index is 12.7. The number of hydrogen-bond acceptors (Lipinski definition) is 3. The third-order valence-electron chi connectivity index (χ3n) is 4.91. The van der Waals surface area contributed by atoms with Crippen molar-refractivity contribution in [3.63, 3.8) is 0 Å². The number of nitrogens with two attached hydrogens (primary N) is 1. The molecule has 3 rings (SSSR count). The minimum atomic E-state index is -0.408. The zero-order valence-corrected chi connectivity index (χ0v) is 14.6. The van der Waals surface area contributed by atoms with Crippen LogP contribution in [0.2, 0.25) is 0 Å². The fraction of sp³-hybridized carbons (Fsp3) is 0.556. The Morgan fingerprint density at radius 3 is 2.58 bits per heavy atom. The Morgan fingerprint density at radius 2 is 1.88 bits per heavy atom. The third kappa shape index (κ3) is 4.28. The minimum absolute atomic E-state index is 0. The number of para-hydroxylation sites is 1. The predicted molar refractivity (Wildman–Crippen MR) is 97.1 cm³/mol. The molecule has 0 radical (unpaired) electrons. The second-order valence-corrected chi connectivity index (χ2v) is 6.65. The van der Waals surface area contributed by atoms with Crippen molar-refractivity contribution in [2.75, 3.05) is 11.4 Å². The lowest BCUT2D eigenvalue weighted by Gasteiger charge is -2.34. The van der Waals surface area contributed by atoms with Crippen molar-refractivity contribution < 1.29 is 9.59 Å². The number of nitrogens with zero attached hydrogens (tertiary/aromatic N) is 1. The third-order valence-corrected chi connectivity index (χ3v) is 4.91. The molecule has 0 aromatic heterocycles. The molecular formula is C18H26ClN3O2. The SMILES string of the molecule is Cl.NC1CCCC(C(=O)NC2CCCN(c3ccccc3)C2=O)C1. The van der Waals surface area contributed by atoms with Gasteiger partial charge in [-0.2, -0.15) is 0 Å². The number of nitrogens with one attached hydrogen (secondary N) is 1. The molecule has 1 saturated carbocycles. The van der Waals surface area contributed by atoms with Gasteiger partial charge < -0.3 is 16.0 Å². The van der Waals surface area contributed by atoms with Crippen molar-refractivity contribution in [3.05, 3.63) is 30.3 Å². The number of carbonyl (C=O) groups excluding carboxylic acids is 2. The van der Waals surface area contributed by atoms with Gasteiger partial charge in [-0.1, -0.05) is 24.6 Å². The molecule has 5 nitrogen and oxygen atoms in total. The zero-order chi connectivity index (χ0) is 16.2. The largest absolute Gasteiger partial charge is 0.344 e. The van der Waals surface area contributed by atoms with Crippen molar-refractivity contribution in [1.29, 1.82) is 0 Å². The highest BCUT2D eigenvalue weighted by molar-refractivity contribution is 6.00. The number of hydrogen-bond donors (Lipinski definition) is 2. The van der Waals surface area contributed by atoms with Crippen LogP contribution in [0.3, 0.4) is 0 Å². The van der Waals surface area contributed by atoms with E-state index in [9.17, 15) is 9.59 Å². The summed E-state index contributed by atoms with van der Waals surface area (Å²) in [5.74, 6) is -0.0528. The van der Waals surface area contributed by atoms with E-state index < -0.39 is 6.04 Å². The Bertz CT molecular complexity index is 567. The average Bonchev–Trinajstić information content (AvgIpc) is 2.57. The van der Waals surface area contributed by atoms with Crippen LogP contribution in [-0.2, 0) is 9.59 Å². The fourth-order valence-electron chi connectivity index (χ4n) is 3.63. The summed E-state index contributed by atoms with van der Waals surface area (Å²) in [5, 5.41) is 2.97. The normalized spacial score (nSPS) is 27.3. The lowest BCUT2D eigenvalue weighted by atomic mass is 9.85. The van der Waals surface area contributed by atoms with Gasteiger partial charge in [-0.3, -0.25) is 9.59 Å². The molecule has 3 unspecified atom stereocenters. The molecule has 1 aliphatic heterocycles. The van der Waals surface area contributed by atoms with Crippen LogP contribution in [0.15, 0.2) is 30.3 Å². The summed E-state index contributed by atoms with van der Waals surface area (Å²) in [6.07, 6.45) is 5.21. The molecule has 1 aliphatic carbocycles. The van der Waals surface area contributed by atoms with Gasteiger partial charge in [0.05, 0.1) is 0 Å². The van der Waals surface area contributed by atoms with Crippen LogP contribution in [0.5, 0.6) is 0 Å². The molecule has 0 bridgehead atoms. The number of amides is 2. The van der Waals surface area contributed by atoms with E-state index in [1.165, 1.54) is 0 Å². The smallest absolute Gasteiger partial charge is 0.249 e. The summed E-state index contributed by atoms with van der Waals surface area (Å²) in [4.78, 5) is 26.9. The molecule has 6 heteroatoms. The number of halogens is 1. The van der Waals surface area contributed by atoms with Crippen LogP contribution in [-0.4, -0.2) is 30.4 Å². The van der Waals surface area contributed by atoms with E-state index in [4.69, 9.17) is 5.73 Å². The standard InChI is InChI=1S/C18H25N3O2.ClH/c19-14-7-4-6-13(12-14)17(22)20-16-10-5-11-21(18(16)23)15-8-2-1-3-9-15;/h1-3,8-9,13-14,16H,4-7,10-12,19H2,(H,20,22);1H. The molecule has 1 heterocycles.